The number of nitrogens with zero attached hydrogens (tertiary/aromatic N) is 2. The third kappa shape index (κ3) is 4.73. The minimum absolute atomic E-state index is 0.0819. The number of urea groups is 1. The molecule has 30 heavy (non-hydrogen) atoms. The molecule has 2 amide bonds. The van der Waals surface area contributed by atoms with Crippen LogP contribution in [0.25, 0.3) is 10.8 Å². The predicted molar refractivity (Wildman–Crippen MR) is 124 cm³/mol. The summed E-state index contributed by atoms with van der Waals surface area (Å²) in [7, 11) is 0. The maximum Gasteiger partial charge on any atom is 0.319 e. The average Bonchev–Trinajstić information content (AvgIpc) is 3.04. The number of carbonyl (C=O) groups is 1. The van der Waals surface area contributed by atoms with Crippen LogP contribution in [0.3, 0.4) is 0 Å². The number of benzene rings is 2. The van der Waals surface area contributed by atoms with Crippen molar-refractivity contribution >= 4 is 28.2 Å². The van der Waals surface area contributed by atoms with E-state index in [1.165, 1.54) is 31.4 Å². The Bertz CT molecular complexity index is 1010. The first-order valence-corrected chi connectivity index (χ1v) is 10.9. The summed E-state index contributed by atoms with van der Waals surface area (Å²) >= 11 is 0. The third-order valence-electron chi connectivity index (χ3n) is 5.86. The number of pyridine rings is 1. The highest BCUT2D eigenvalue weighted by atomic mass is 16.2. The Balaban J connectivity index is 1.40. The van der Waals surface area contributed by atoms with Gasteiger partial charge in [0, 0.05) is 41.4 Å². The summed E-state index contributed by atoms with van der Waals surface area (Å²) in [6, 6.07) is 16.2. The van der Waals surface area contributed by atoms with Crippen molar-refractivity contribution in [3.05, 3.63) is 66.0 Å². The van der Waals surface area contributed by atoms with Crippen molar-refractivity contribution in [1.82, 2.24) is 10.3 Å². The van der Waals surface area contributed by atoms with Gasteiger partial charge in [0.25, 0.3) is 0 Å². The molecule has 0 unspecified atom stereocenters. The summed E-state index contributed by atoms with van der Waals surface area (Å²) in [6.45, 7) is 6.23. The van der Waals surface area contributed by atoms with Crippen LogP contribution in [0.2, 0.25) is 0 Å². The number of nitrogens with one attached hydrogen (secondary N) is 2. The number of hydrogen-bond acceptors (Lipinski definition) is 3. The van der Waals surface area contributed by atoms with Crippen molar-refractivity contribution in [2.24, 2.45) is 0 Å². The summed E-state index contributed by atoms with van der Waals surface area (Å²) in [5, 5.41) is 8.06. The normalized spacial score (nSPS) is 15.5. The van der Waals surface area contributed by atoms with Gasteiger partial charge in [0.1, 0.15) is 0 Å². The van der Waals surface area contributed by atoms with E-state index in [1.807, 2.05) is 44.3 Å². The Morgan fingerprint density at radius 3 is 2.50 bits per heavy atom. The Hall–Kier alpha value is -3.08. The molecule has 1 aliphatic heterocycles. The second-order valence-corrected chi connectivity index (χ2v) is 8.17. The lowest BCUT2D eigenvalue weighted by Crippen LogP contribution is -2.31. The number of aromatic nitrogens is 1. The monoisotopic (exact) mass is 402 g/mol. The van der Waals surface area contributed by atoms with E-state index in [9.17, 15) is 4.79 Å². The zero-order chi connectivity index (χ0) is 20.9. The van der Waals surface area contributed by atoms with Crippen molar-refractivity contribution in [2.75, 3.05) is 23.3 Å². The van der Waals surface area contributed by atoms with Crippen LogP contribution in [-0.4, -0.2) is 24.1 Å². The molecule has 2 N–H and O–H groups in total. The molecule has 0 bridgehead atoms. The summed E-state index contributed by atoms with van der Waals surface area (Å²) in [5.74, 6) is 0. The lowest BCUT2D eigenvalue weighted by atomic mass is 10.1. The quantitative estimate of drug-likeness (QED) is 0.579. The Morgan fingerprint density at radius 1 is 1.03 bits per heavy atom. The molecule has 1 aromatic heterocycles. The zero-order valence-corrected chi connectivity index (χ0v) is 17.8. The fraction of sp³-hybridized carbons (Fsp3) is 0.360. The molecule has 0 radical (unpaired) electrons. The van der Waals surface area contributed by atoms with Crippen LogP contribution in [0.1, 0.15) is 49.9 Å². The van der Waals surface area contributed by atoms with Crippen molar-refractivity contribution in [3.8, 4) is 0 Å². The highest BCUT2D eigenvalue weighted by Crippen LogP contribution is 2.25. The maximum absolute atomic E-state index is 12.6. The van der Waals surface area contributed by atoms with Gasteiger partial charge in [-0.3, -0.25) is 4.98 Å². The van der Waals surface area contributed by atoms with Crippen LogP contribution in [0.15, 0.2) is 54.7 Å². The van der Waals surface area contributed by atoms with Gasteiger partial charge in [-0.05, 0) is 56.5 Å². The molecule has 1 fully saturated rings. The van der Waals surface area contributed by atoms with E-state index in [-0.39, 0.29) is 12.1 Å². The van der Waals surface area contributed by atoms with Gasteiger partial charge < -0.3 is 15.5 Å². The van der Waals surface area contributed by atoms with Gasteiger partial charge in [-0.15, -0.1) is 0 Å². The molecule has 5 heteroatoms. The standard InChI is InChI=1S/C25H30N4O/c1-18-16-23-21(17-26-18)8-7-9-24(23)28-25(30)27-19(2)20-10-12-22(13-11-20)29-14-5-3-4-6-15-29/h7-13,16-17,19H,3-6,14-15H2,1-2H3,(H2,27,28,30)/t19-/m0/s1. The summed E-state index contributed by atoms with van der Waals surface area (Å²) < 4.78 is 0. The number of anilines is 2. The first kappa shape index (κ1) is 20.2. The van der Waals surface area contributed by atoms with Crippen LogP contribution in [0, 0.1) is 6.92 Å². The molecule has 0 aliphatic carbocycles. The van der Waals surface area contributed by atoms with E-state index < -0.39 is 0 Å². The highest BCUT2D eigenvalue weighted by molar-refractivity contribution is 6.01. The number of aryl methyl sites for hydroxylation is 1. The lowest BCUT2D eigenvalue weighted by molar-refractivity contribution is 0.249. The maximum atomic E-state index is 12.6. The van der Waals surface area contributed by atoms with Gasteiger partial charge >= 0.3 is 6.03 Å². The van der Waals surface area contributed by atoms with Gasteiger partial charge in [-0.1, -0.05) is 37.1 Å². The van der Waals surface area contributed by atoms with Gasteiger partial charge in [0.15, 0.2) is 0 Å². The van der Waals surface area contributed by atoms with Crippen molar-refractivity contribution < 1.29 is 4.79 Å². The molecule has 5 nitrogen and oxygen atoms in total. The van der Waals surface area contributed by atoms with Crippen LogP contribution in [0.5, 0.6) is 0 Å². The smallest absolute Gasteiger partial charge is 0.319 e. The molecule has 0 saturated carbocycles. The Labute approximate surface area is 178 Å². The van der Waals surface area contributed by atoms with Crippen LogP contribution in [-0.2, 0) is 0 Å². The minimum atomic E-state index is -0.207. The van der Waals surface area contributed by atoms with E-state index in [4.69, 9.17) is 0 Å². The average molecular weight is 403 g/mol. The van der Waals surface area contributed by atoms with E-state index in [0.717, 1.165) is 40.8 Å². The number of rotatable bonds is 4. The number of amides is 2. The van der Waals surface area contributed by atoms with E-state index in [1.54, 1.807) is 0 Å². The fourth-order valence-electron chi connectivity index (χ4n) is 4.12. The summed E-state index contributed by atoms with van der Waals surface area (Å²) in [4.78, 5) is 19.4. The second kappa shape index (κ2) is 9.16. The van der Waals surface area contributed by atoms with Crippen LogP contribution in [0.4, 0.5) is 16.2 Å². The molecule has 4 rings (SSSR count). The molecule has 1 saturated heterocycles. The number of fused-ring (bicyclic) bond motifs is 1. The second-order valence-electron chi connectivity index (χ2n) is 8.17. The number of carbonyl (C=O) groups excluding carboxylic acids is 1. The minimum Gasteiger partial charge on any atom is -0.372 e. The largest absolute Gasteiger partial charge is 0.372 e. The first-order chi connectivity index (χ1) is 14.6. The molecule has 2 heterocycles. The van der Waals surface area contributed by atoms with Gasteiger partial charge in [-0.25, -0.2) is 4.79 Å². The molecule has 1 aliphatic rings. The van der Waals surface area contributed by atoms with E-state index in [2.05, 4.69) is 44.8 Å². The fourth-order valence-corrected chi connectivity index (χ4v) is 4.12. The first-order valence-electron chi connectivity index (χ1n) is 10.9. The lowest BCUT2D eigenvalue weighted by Gasteiger charge is -2.23. The zero-order valence-electron chi connectivity index (χ0n) is 17.8. The molecule has 2 aromatic carbocycles. The van der Waals surface area contributed by atoms with E-state index >= 15 is 0 Å². The van der Waals surface area contributed by atoms with Crippen molar-refractivity contribution in [1.29, 1.82) is 0 Å². The molecule has 1 atom stereocenters. The van der Waals surface area contributed by atoms with Gasteiger partial charge in [0.05, 0.1) is 11.7 Å². The molecule has 156 valence electrons. The Kier molecular flexibility index (Phi) is 6.17. The van der Waals surface area contributed by atoms with Crippen LogP contribution >= 0.6 is 0 Å². The molecular weight excluding hydrogens is 372 g/mol. The Morgan fingerprint density at radius 2 is 1.77 bits per heavy atom. The van der Waals surface area contributed by atoms with E-state index in [0.29, 0.717) is 0 Å². The van der Waals surface area contributed by atoms with Gasteiger partial charge in [0.2, 0.25) is 0 Å². The molecular formula is C25H30N4O. The SMILES string of the molecule is Cc1cc2c(NC(=O)N[C@@H](C)c3ccc(N4CCCCCC4)cc3)cccc2cn1. The molecule has 0 spiro atoms. The topological polar surface area (TPSA) is 57.3 Å². The summed E-state index contributed by atoms with van der Waals surface area (Å²) in [6.07, 6.45) is 7.03. The van der Waals surface area contributed by atoms with Crippen molar-refractivity contribution in [3.63, 3.8) is 0 Å². The summed E-state index contributed by atoms with van der Waals surface area (Å²) in [5.41, 5.74) is 4.09. The van der Waals surface area contributed by atoms with Crippen LogP contribution < -0.4 is 15.5 Å². The van der Waals surface area contributed by atoms with Gasteiger partial charge in [-0.2, -0.15) is 0 Å². The van der Waals surface area contributed by atoms with Crippen molar-refractivity contribution in [2.45, 2.75) is 45.6 Å². The molecule has 3 aromatic rings. The number of hydrogen-bond donors (Lipinski definition) is 2. The predicted octanol–water partition coefficient (Wildman–Crippen LogP) is 5.81. The highest BCUT2D eigenvalue weighted by Gasteiger charge is 2.13. The third-order valence-corrected chi connectivity index (χ3v) is 5.86.